The number of rotatable bonds is 11. The van der Waals surface area contributed by atoms with E-state index in [1.807, 2.05) is 34.9 Å². The van der Waals surface area contributed by atoms with Crippen LogP contribution in [-0.4, -0.2) is 38.4 Å². The van der Waals surface area contributed by atoms with Crippen LogP contribution in [0.2, 0.25) is 0 Å². The number of anilines is 1. The fourth-order valence-electron chi connectivity index (χ4n) is 2.97. The summed E-state index contributed by atoms with van der Waals surface area (Å²) in [5.74, 6) is 0.332. The van der Waals surface area contributed by atoms with E-state index in [2.05, 4.69) is 37.7 Å². The molecule has 3 rings (SSSR count). The number of aryl methyl sites for hydroxylation is 1. The minimum absolute atomic E-state index is 0.181. The summed E-state index contributed by atoms with van der Waals surface area (Å²) in [5.41, 5.74) is 4.34. The lowest BCUT2D eigenvalue weighted by atomic mass is 10.2. The van der Waals surface area contributed by atoms with Gasteiger partial charge in [0.05, 0.1) is 12.9 Å². The van der Waals surface area contributed by atoms with Crippen LogP contribution in [0.4, 0.5) is 10.7 Å². The van der Waals surface area contributed by atoms with Crippen LogP contribution < -0.4 is 16.3 Å². The van der Waals surface area contributed by atoms with Crippen molar-refractivity contribution in [1.82, 2.24) is 24.8 Å². The summed E-state index contributed by atoms with van der Waals surface area (Å²) in [4.78, 5) is 35.0. The van der Waals surface area contributed by atoms with Crippen molar-refractivity contribution in [2.45, 2.75) is 45.7 Å². The first-order valence-corrected chi connectivity index (χ1v) is 10.3. The Balaban J connectivity index is 1.48. The molecule has 0 radical (unpaired) electrons. The van der Waals surface area contributed by atoms with Crippen molar-refractivity contribution < 1.29 is 9.53 Å². The molecule has 10 nitrogen and oxygen atoms in total. The van der Waals surface area contributed by atoms with Gasteiger partial charge in [-0.2, -0.15) is 10.1 Å². The number of hydrogen-bond acceptors (Lipinski definition) is 7. The monoisotopic (exact) mass is 425 g/mol. The van der Waals surface area contributed by atoms with Gasteiger partial charge in [-0.25, -0.2) is 15.2 Å². The molecule has 0 unspecified atom stereocenters. The number of alkyl carbamates (subject to hydrolysis) is 1. The molecule has 2 heterocycles. The molecule has 1 aromatic carbocycles. The first-order valence-electron chi connectivity index (χ1n) is 10.3. The van der Waals surface area contributed by atoms with Crippen LogP contribution in [0.25, 0.3) is 11.2 Å². The number of carbonyl (C=O) groups excluding carboxylic acids is 1. The molecule has 0 atom stereocenters. The molecule has 164 valence electrons. The Morgan fingerprint density at radius 1 is 1.29 bits per heavy atom. The quantitative estimate of drug-likeness (QED) is 0.246. The summed E-state index contributed by atoms with van der Waals surface area (Å²) in [7, 11) is 0. The number of aromatic amines is 1. The average Bonchev–Trinajstić information content (AvgIpc) is 3.28. The summed E-state index contributed by atoms with van der Waals surface area (Å²) < 4.78 is 6.96. The molecule has 0 aliphatic heterocycles. The van der Waals surface area contributed by atoms with E-state index >= 15 is 0 Å². The number of aromatic nitrogens is 4. The SMILES string of the molecule is CCCCCn1c(NN=CCCOC(=O)NCc2ccccc2)nc(=O)c2[nH]cnc21. The van der Waals surface area contributed by atoms with Gasteiger partial charge in [0.25, 0.3) is 0 Å². The zero-order valence-electron chi connectivity index (χ0n) is 17.5. The molecule has 0 spiro atoms. The number of carbonyl (C=O) groups is 1. The van der Waals surface area contributed by atoms with E-state index in [9.17, 15) is 9.59 Å². The Morgan fingerprint density at radius 3 is 2.94 bits per heavy atom. The smallest absolute Gasteiger partial charge is 0.407 e. The van der Waals surface area contributed by atoms with Gasteiger partial charge in [0.1, 0.15) is 0 Å². The molecule has 0 fully saturated rings. The zero-order valence-corrected chi connectivity index (χ0v) is 17.5. The second-order valence-corrected chi connectivity index (χ2v) is 6.89. The number of H-pyrrole nitrogens is 1. The number of benzene rings is 1. The highest BCUT2D eigenvalue weighted by Gasteiger charge is 2.12. The molecule has 3 aromatic rings. The van der Waals surface area contributed by atoms with Crippen molar-refractivity contribution in [3.63, 3.8) is 0 Å². The van der Waals surface area contributed by atoms with Gasteiger partial charge in [0, 0.05) is 25.7 Å². The number of fused-ring (bicyclic) bond motifs is 1. The van der Waals surface area contributed by atoms with Gasteiger partial charge < -0.3 is 15.0 Å². The Morgan fingerprint density at radius 2 is 2.13 bits per heavy atom. The van der Waals surface area contributed by atoms with Gasteiger partial charge in [-0.1, -0.05) is 50.1 Å². The number of hydrazone groups is 1. The summed E-state index contributed by atoms with van der Waals surface area (Å²) in [5, 5.41) is 6.80. The second-order valence-electron chi connectivity index (χ2n) is 6.89. The van der Waals surface area contributed by atoms with Crippen molar-refractivity contribution >= 4 is 29.4 Å². The number of nitrogens with zero attached hydrogens (tertiary/aromatic N) is 4. The third-order valence-corrected chi connectivity index (χ3v) is 4.55. The Kier molecular flexibility index (Phi) is 8.15. The van der Waals surface area contributed by atoms with Gasteiger partial charge in [0.15, 0.2) is 11.2 Å². The van der Waals surface area contributed by atoms with E-state index < -0.39 is 11.7 Å². The number of amides is 1. The molecule has 0 aliphatic carbocycles. The summed E-state index contributed by atoms with van der Waals surface area (Å²) >= 11 is 0. The predicted octanol–water partition coefficient (Wildman–Crippen LogP) is 3.02. The van der Waals surface area contributed by atoms with Crippen molar-refractivity contribution in [2.75, 3.05) is 12.0 Å². The predicted molar refractivity (Wildman–Crippen MR) is 119 cm³/mol. The number of imidazole rings is 1. The maximum Gasteiger partial charge on any atom is 0.407 e. The molecule has 0 aliphatic rings. The molecule has 0 bridgehead atoms. The molecule has 3 N–H and O–H groups in total. The first-order chi connectivity index (χ1) is 15.2. The molecule has 31 heavy (non-hydrogen) atoms. The second kappa shape index (κ2) is 11.5. The van der Waals surface area contributed by atoms with E-state index in [1.165, 1.54) is 6.33 Å². The van der Waals surface area contributed by atoms with E-state index in [4.69, 9.17) is 4.74 Å². The largest absolute Gasteiger partial charge is 0.449 e. The van der Waals surface area contributed by atoms with Crippen LogP contribution in [0.1, 0.15) is 38.2 Å². The van der Waals surface area contributed by atoms with Crippen LogP contribution >= 0.6 is 0 Å². The van der Waals surface area contributed by atoms with E-state index in [1.54, 1.807) is 6.21 Å². The normalized spacial score (nSPS) is 11.1. The van der Waals surface area contributed by atoms with Crippen LogP contribution in [-0.2, 0) is 17.8 Å². The zero-order chi connectivity index (χ0) is 21.9. The highest BCUT2D eigenvalue weighted by molar-refractivity contribution is 5.71. The average molecular weight is 425 g/mol. The molecule has 0 saturated heterocycles. The van der Waals surface area contributed by atoms with Crippen molar-refractivity contribution in [2.24, 2.45) is 5.10 Å². The first kappa shape index (κ1) is 22.0. The number of ether oxygens (including phenoxy) is 1. The Bertz CT molecular complexity index is 1060. The maximum absolute atomic E-state index is 12.2. The highest BCUT2D eigenvalue weighted by Crippen LogP contribution is 2.13. The summed E-state index contributed by atoms with van der Waals surface area (Å²) in [6, 6.07) is 9.59. The summed E-state index contributed by atoms with van der Waals surface area (Å²) in [6.07, 6.45) is 6.06. The molecule has 1 amide bonds. The highest BCUT2D eigenvalue weighted by atomic mass is 16.5. The van der Waals surface area contributed by atoms with Crippen LogP contribution in [0, 0.1) is 0 Å². The molecule has 0 saturated carbocycles. The maximum atomic E-state index is 12.2. The number of unbranched alkanes of at least 4 members (excludes halogenated alkanes) is 2. The lowest BCUT2D eigenvalue weighted by molar-refractivity contribution is 0.149. The Hall–Kier alpha value is -3.69. The van der Waals surface area contributed by atoms with Gasteiger partial charge in [0.2, 0.25) is 5.95 Å². The van der Waals surface area contributed by atoms with Crippen molar-refractivity contribution in [3.05, 3.63) is 52.6 Å². The van der Waals surface area contributed by atoms with Crippen LogP contribution in [0.3, 0.4) is 0 Å². The molecule has 10 heteroatoms. The molecular weight excluding hydrogens is 398 g/mol. The lowest BCUT2D eigenvalue weighted by Crippen LogP contribution is -2.24. The van der Waals surface area contributed by atoms with E-state index in [-0.39, 0.29) is 6.61 Å². The fraction of sp³-hybridized carbons (Fsp3) is 0.381. The topological polar surface area (TPSA) is 126 Å². The van der Waals surface area contributed by atoms with E-state index in [0.717, 1.165) is 24.8 Å². The lowest BCUT2D eigenvalue weighted by Gasteiger charge is -2.12. The summed E-state index contributed by atoms with van der Waals surface area (Å²) in [6.45, 7) is 3.39. The van der Waals surface area contributed by atoms with Crippen LogP contribution in [0.5, 0.6) is 0 Å². The van der Waals surface area contributed by atoms with Gasteiger partial charge >= 0.3 is 11.7 Å². The van der Waals surface area contributed by atoms with Crippen molar-refractivity contribution in [3.8, 4) is 0 Å². The molecular formula is C21H27N7O3. The standard InChI is InChI=1S/C21H27N7O3/c1-2-3-7-12-28-18-17(23-15-24-18)19(29)26-20(28)27-25-11-8-13-31-21(30)22-14-16-9-5-4-6-10-16/h4-6,9-11,15H,2-3,7-8,12-14H2,1H3,(H,22,30)(H,23,24)(H,26,27,29). The molecule has 2 aromatic heterocycles. The Labute approximate surface area is 179 Å². The third kappa shape index (κ3) is 6.39. The number of nitrogens with one attached hydrogen (secondary N) is 3. The van der Waals surface area contributed by atoms with Crippen LogP contribution in [0.15, 0.2) is 46.6 Å². The minimum atomic E-state index is -0.486. The van der Waals surface area contributed by atoms with Gasteiger partial charge in [-0.3, -0.25) is 9.36 Å². The third-order valence-electron chi connectivity index (χ3n) is 4.55. The van der Waals surface area contributed by atoms with Gasteiger partial charge in [-0.05, 0) is 12.0 Å². The minimum Gasteiger partial charge on any atom is -0.449 e. The van der Waals surface area contributed by atoms with E-state index in [0.29, 0.717) is 36.6 Å². The fourth-order valence-corrected chi connectivity index (χ4v) is 2.97. The number of hydrogen-bond donors (Lipinski definition) is 3. The van der Waals surface area contributed by atoms with Crippen molar-refractivity contribution in [1.29, 1.82) is 0 Å². The van der Waals surface area contributed by atoms with Gasteiger partial charge in [-0.15, -0.1) is 0 Å².